The topological polar surface area (TPSA) is 115 Å². The van der Waals surface area contributed by atoms with E-state index >= 15 is 0 Å². The first-order chi connectivity index (χ1) is 12.6. The van der Waals surface area contributed by atoms with E-state index in [2.05, 4.69) is 10.3 Å². The Morgan fingerprint density at radius 1 is 1.26 bits per heavy atom. The monoisotopic (exact) mass is 389 g/mol. The van der Waals surface area contributed by atoms with Crippen LogP contribution in [-0.4, -0.2) is 35.4 Å². The van der Waals surface area contributed by atoms with Crippen LogP contribution in [0.1, 0.15) is 34.1 Å². The highest BCUT2D eigenvalue weighted by Crippen LogP contribution is 2.33. The number of nitrogens with zero attached hydrogens (tertiary/aromatic N) is 2. The van der Waals surface area contributed by atoms with Crippen molar-refractivity contribution in [2.75, 3.05) is 6.26 Å². The molecule has 0 radical (unpaired) electrons. The van der Waals surface area contributed by atoms with Gasteiger partial charge in [0.2, 0.25) is 0 Å². The summed E-state index contributed by atoms with van der Waals surface area (Å²) in [7, 11) is -3.58. The van der Waals surface area contributed by atoms with Crippen LogP contribution in [0.5, 0.6) is 0 Å². The first-order valence-electron chi connectivity index (χ1n) is 8.25. The highest BCUT2D eigenvalue weighted by Gasteiger charge is 2.25. The fourth-order valence-corrected chi connectivity index (χ4v) is 3.92. The van der Waals surface area contributed by atoms with Gasteiger partial charge in [-0.15, -0.1) is 0 Å². The summed E-state index contributed by atoms with van der Waals surface area (Å²) in [5, 5.41) is 6.54. The molecule has 9 heteroatoms. The molecule has 0 bridgehead atoms. The van der Waals surface area contributed by atoms with Crippen LogP contribution >= 0.6 is 0 Å². The molecule has 142 valence electrons. The molecule has 2 heterocycles. The molecule has 2 aromatic heterocycles. The summed E-state index contributed by atoms with van der Waals surface area (Å²) in [5.41, 5.74) is 1.05. The number of H-pyrrole nitrogens is 1. The predicted molar refractivity (Wildman–Crippen MR) is 98.7 cm³/mol. The van der Waals surface area contributed by atoms with Crippen LogP contribution in [0.25, 0.3) is 11.3 Å². The van der Waals surface area contributed by atoms with Gasteiger partial charge in [0.25, 0.3) is 5.56 Å². The average Bonchev–Trinajstić information content (AvgIpc) is 3.18. The van der Waals surface area contributed by atoms with Gasteiger partial charge in [0.05, 0.1) is 10.6 Å². The van der Waals surface area contributed by atoms with E-state index in [-0.39, 0.29) is 27.3 Å². The lowest BCUT2D eigenvalue weighted by atomic mass is 9.95. The zero-order valence-electron chi connectivity index (χ0n) is 15.4. The Morgan fingerprint density at radius 3 is 2.48 bits per heavy atom. The number of aromatic amines is 1. The number of hydrogen-bond donors (Lipinski definition) is 1. The highest BCUT2D eigenvalue weighted by atomic mass is 32.2. The smallest absolute Gasteiger partial charge is 0.277 e. The van der Waals surface area contributed by atoms with Crippen molar-refractivity contribution >= 4 is 15.6 Å². The van der Waals surface area contributed by atoms with E-state index in [1.54, 1.807) is 26.8 Å². The van der Waals surface area contributed by atoms with Gasteiger partial charge < -0.3 is 9.62 Å². The maximum Gasteiger partial charge on any atom is 0.277 e. The summed E-state index contributed by atoms with van der Waals surface area (Å²) < 4.78 is 31.0. The van der Waals surface area contributed by atoms with Gasteiger partial charge >= 0.3 is 0 Å². The van der Waals surface area contributed by atoms with Gasteiger partial charge in [0.15, 0.2) is 21.4 Å². The lowest BCUT2D eigenvalue weighted by Gasteiger charge is -2.12. The fourth-order valence-electron chi connectivity index (χ4n) is 2.98. The van der Waals surface area contributed by atoms with E-state index in [1.807, 2.05) is 0 Å². The number of hydrogen-bond acceptors (Lipinski definition) is 6. The predicted octanol–water partition coefficient (Wildman–Crippen LogP) is 2.10. The molecule has 1 aromatic carbocycles. The van der Waals surface area contributed by atoms with Crippen molar-refractivity contribution in [3.05, 3.63) is 57.1 Å². The summed E-state index contributed by atoms with van der Waals surface area (Å²) in [5.74, 6) is -0.237. The van der Waals surface area contributed by atoms with Gasteiger partial charge in [-0.1, -0.05) is 5.16 Å². The standard InChI is InChI=1S/C18H19N3O5S/c1-5-21-18(23)13(9-19-21)17(22)12-6-7-15(27(4,24)25)16(11(12)3)14-8-10(2)20-26-14/h6-9,19H,5H2,1-4H3. The van der Waals surface area contributed by atoms with E-state index in [0.717, 1.165) is 6.26 Å². The third kappa shape index (κ3) is 3.25. The van der Waals surface area contributed by atoms with Crippen LogP contribution in [0, 0.1) is 13.8 Å². The number of carbonyl (C=O) groups is 1. The van der Waals surface area contributed by atoms with E-state index < -0.39 is 21.2 Å². The molecule has 8 nitrogen and oxygen atoms in total. The van der Waals surface area contributed by atoms with Crippen molar-refractivity contribution in [3.8, 4) is 11.3 Å². The summed E-state index contributed by atoms with van der Waals surface area (Å²) >= 11 is 0. The average molecular weight is 389 g/mol. The minimum absolute atomic E-state index is 0.00763. The van der Waals surface area contributed by atoms with Gasteiger partial charge in [0, 0.05) is 36.2 Å². The lowest BCUT2D eigenvalue weighted by Crippen LogP contribution is -2.21. The number of ketones is 1. The van der Waals surface area contributed by atoms with Crippen molar-refractivity contribution in [2.24, 2.45) is 0 Å². The molecular formula is C18H19N3O5S. The molecule has 0 aliphatic carbocycles. The Balaban J connectivity index is 2.25. The molecule has 0 unspecified atom stereocenters. The largest absolute Gasteiger partial charge is 0.356 e. The molecule has 0 saturated carbocycles. The van der Waals surface area contributed by atoms with Gasteiger partial charge in [-0.05, 0) is 38.5 Å². The molecule has 3 rings (SSSR count). The van der Waals surface area contributed by atoms with E-state index in [0.29, 0.717) is 17.8 Å². The second kappa shape index (κ2) is 6.66. The Labute approximate surface area is 155 Å². The molecule has 0 atom stereocenters. The number of rotatable bonds is 5. The second-order valence-electron chi connectivity index (χ2n) is 6.28. The van der Waals surface area contributed by atoms with Crippen LogP contribution in [0.3, 0.4) is 0 Å². The van der Waals surface area contributed by atoms with E-state index in [1.165, 1.54) is 23.0 Å². The Bertz CT molecular complexity index is 1200. The van der Waals surface area contributed by atoms with Crippen LogP contribution < -0.4 is 5.56 Å². The maximum absolute atomic E-state index is 12.9. The van der Waals surface area contributed by atoms with Crippen molar-refractivity contribution in [2.45, 2.75) is 32.2 Å². The van der Waals surface area contributed by atoms with Crippen LogP contribution in [0.2, 0.25) is 0 Å². The molecule has 0 aliphatic heterocycles. The van der Waals surface area contributed by atoms with E-state index in [4.69, 9.17) is 4.52 Å². The zero-order valence-corrected chi connectivity index (χ0v) is 16.2. The normalized spacial score (nSPS) is 11.7. The molecule has 0 fully saturated rings. The second-order valence-corrected chi connectivity index (χ2v) is 8.27. The van der Waals surface area contributed by atoms with Crippen molar-refractivity contribution in [1.29, 1.82) is 0 Å². The van der Waals surface area contributed by atoms with Crippen LogP contribution in [0.4, 0.5) is 0 Å². The molecule has 0 saturated heterocycles. The number of aryl methyl sites for hydroxylation is 2. The number of aromatic nitrogens is 3. The fraction of sp³-hybridized carbons (Fsp3) is 0.278. The summed E-state index contributed by atoms with van der Waals surface area (Å²) in [6.45, 7) is 5.52. The zero-order chi connectivity index (χ0) is 19.9. The van der Waals surface area contributed by atoms with Crippen LogP contribution in [0.15, 0.2) is 38.6 Å². The van der Waals surface area contributed by atoms with Crippen molar-refractivity contribution in [1.82, 2.24) is 14.9 Å². The minimum Gasteiger partial charge on any atom is -0.356 e. The third-order valence-electron chi connectivity index (χ3n) is 4.35. The minimum atomic E-state index is -3.58. The first kappa shape index (κ1) is 18.8. The Hall–Kier alpha value is -2.94. The quantitative estimate of drug-likeness (QED) is 0.668. The molecule has 0 aliphatic rings. The summed E-state index contributed by atoms with van der Waals surface area (Å²) in [6, 6.07) is 4.38. The molecule has 1 N–H and O–H groups in total. The van der Waals surface area contributed by atoms with Gasteiger partial charge in [-0.3, -0.25) is 14.3 Å². The van der Waals surface area contributed by atoms with Crippen molar-refractivity contribution < 1.29 is 17.7 Å². The van der Waals surface area contributed by atoms with Gasteiger partial charge in [-0.25, -0.2) is 8.42 Å². The summed E-state index contributed by atoms with van der Waals surface area (Å²) in [6.07, 6.45) is 2.44. The lowest BCUT2D eigenvalue weighted by molar-refractivity contribution is 0.103. The number of nitrogens with one attached hydrogen (secondary N) is 1. The SMILES string of the molecule is CCn1[nH]cc(C(=O)c2ccc(S(C)(=O)=O)c(-c3cc(C)no3)c2C)c1=O. The maximum atomic E-state index is 12.9. The number of sulfone groups is 1. The van der Waals surface area contributed by atoms with Gasteiger partial charge in [-0.2, -0.15) is 0 Å². The Kier molecular flexibility index (Phi) is 4.64. The first-order valence-corrected chi connectivity index (χ1v) is 10.1. The van der Waals surface area contributed by atoms with E-state index in [9.17, 15) is 18.0 Å². The molecule has 0 amide bonds. The molecular weight excluding hydrogens is 370 g/mol. The number of benzene rings is 1. The van der Waals surface area contributed by atoms with Crippen LogP contribution in [-0.2, 0) is 16.4 Å². The highest BCUT2D eigenvalue weighted by molar-refractivity contribution is 7.90. The molecule has 27 heavy (non-hydrogen) atoms. The summed E-state index contributed by atoms with van der Waals surface area (Å²) in [4.78, 5) is 25.3. The van der Waals surface area contributed by atoms with Crippen molar-refractivity contribution in [3.63, 3.8) is 0 Å². The number of carbonyl (C=O) groups excluding carboxylic acids is 1. The Morgan fingerprint density at radius 2 is 1.96 bits per heavy atom. The molecule has 0 spiro atoms. The molecule has 3 aromatic rings. The third-order valence-corrected chi connectivity index (χ3v) is 5.49. The van der Waals surface area contributed by atoms with Gasteiger partial charge in [0.1, 0.15) is 5.56 Å².